The molecule has 10 heteroatoms. The second kappa shape index (κ2) is 6.97. The van der Waals surface area contributed by atoms with Gasteiger partial charge in [-0.05, 0) is 31.0 Å². The van der Waals surface area contributed by atoms with Crippen molar-refractivity contribution in [3.8, 4) is 0 Å². The summed E-state index contributed by atoms with van der Waals surface area (Å²) in [7, 11) is 0. The monoisotopic (exact) mass is 408 g/mol. The minimum atomic E-state index is -0.677. The first-order chi connectivity index (χ1) is 12.9. The van der Waals surface area contributed by atoms with Gasteiger partial charge in [-0.3, -0.25) is 14.4 Å². The highest BCUT2D eigenvalue weighted by Gasteiger charge is 2.39. The van der Waals surface area contributed by atoms with Crippen molar-refractivity contribution in [2.75, 3.05) is 16.0 Å². The molecule has 1 aliphatic carbocycles. The number of rotatable bonds is 4. The SMILES string of the molecule is O=C(Cn1ncc2c(c1=O)N(C1CC1)C(=O)CS2)Nc1ccc(Cl)cc1F. The molecule has 0 unspecified atom stereocenters. The topological polar surface area (TPSA) is 84.3 Å². The number of nitrogens with one attached hydrogen (secondary N) is 1. The van der Waals surface area contributed by atoms with Gasteiger partial charge in [0.15, 0.2) is 0 Å². The quantitative estimate of drug-likeness (QED) is 0.839. The van der Waals surface area contributed by atoms with E-state index in [1.807, 2.05) is 0 Å². The molecule has 2 heterocycles. The average Bonchev–Trinajstić information content (AvgIpc) is 3.45. The van der Waals surface area contributed by atoms with Crippen LogP contribution < -0.4 is 15.8 Å². The van der Waals surface area contributed by atoms with E-state index in [-0.39, 0.29) is 34.1 Å². The van der Waals surface area contributed by atoms with Gasteiger partial charge in [0.2, 0.25) is 11.8 Å². The lowest BCUT2D eigenvalue weighted by atomic mass is 10.3. The normalized spacial score (nSPS) is 16.2. The van der Waals surface area contributed by atoms with Gasteiger partial charge in [0.1, 0.15) is 18.0 Å². The molecule has 0 atom stereocenters. The first-order valence-electron chi connectivity index (χ1n) is 8.24. The summed E-state index contributed by atoms with van der Waals surface area (Å²) in [6.07, 6.45) is 3.20. The summed E-state index contributed by atoms with van der Waals surface area (Å²) in [6, 6.07) is 3.90. The Balaban J connectivity index is 1.59. The van der Waals surface area contributed by atoms with Crippen LogP contribution in [0.3, 0.4) is 0 Å². The van der Waals surface area contributed by atoms with E-state index in [2.05, 4.69) is 10.4 Å². The molecule has 1 N–H and O–H groups in total. The Morgan fingerprint density at radius 2 is 2.15 bits per heavy atom. The Morgan fingerprint density at radius 3 is 2.85 bits per heavy atom. The van der Waals surface area contributed by atoms with Crippen LogP contribution in [0.1, 0.15) is 12.8 Å². The molecule has 1 aliphatic heterocycles. The van der Waals surface area contributed by atoms with Gasteiger partial charge in [-0.1, -0.05) is 11.6 Å². The zero-order valence-electron chi connectivity index (χ0n) is 13.9. The molecule has 0 bridgehead atoms. The number of aromatic nitrogens is 2. The predicted molar refractivity (Wildman–Crippen MR) is 99.8 cm³/mol. The Morgan fingerprint density at radius 1 is 1.37 bits per heavy atom. The third kappa shape index (κ3) is 3.57. The highest BCUT2D eigenvalue weighted by Crippen LogP contribution is 2.38. The van der Waals surface area contributed by atoms with Crippen LogP contribution in [0, 0.1) is 5.82 Å². The van der Waals surface area contributed by atoms with Crippen LogP contribution in [0.4, 0.5) is 15.8 Å². The van der Waals surface area contributed by atoms with Gasteiger partial charge in [-0.15, -0.1) is 11.8 Å². The fraction of sp³-hybridized carbons (Fsp3) is 0.294. The zero-order chi connectivity index (χ0) is 19.1. The van der Waals surface area contributed by atoms with E-state index in [9.17, 15) is 18.8 Å². The number of hydrogen-bond acceptors (Lipinski definition) is 5. The maximum Gasteiger partial charge on any atom is 0.292 e. The zero-order valence-corrected chi connectivity index (χ0v) is 15.5. The van der Waals surface area contributed by atoms with Crippen molar-refractivity contribution < 1.29 is 14.0 Å². The van der Waals surface area contributed by atoms with E-state index in [1.165, 1.54) is 35.0 Å². The van der Waals surface area contributed by atoms with Crippen LogP contribution in [0.15, 0.2) is 34.1 Å². The second-order valence-electron chi connectivity index (χ2n) is 6.28. The van der Waals surface area contributed by atoms with Crippen LogP contribution in [0.25, 0.3) is 0 Å². The largest absolute Gasteiger partial charge is 0.322 e. The van der Waals surface area contributed by atoms with Crippen molar-refractivity contribution in [2.24, 2.45) is 0 Å². The van der Waals surface area contributed by atoms with Crippen LogP contribution in [0.2, 0.25) is 5.02 Å². The van der Waals surface area contributed by atoms with E-state index in [1.54, 1.807) is 0 Å². The summed E-state index contributed by atoms with van der Waals surface area (Å²) >= 11 is 6.95. The predicted octanol–water partition coefficient (Wildman–Crippen LogP) is 2.28. The average molecular weight is 409 g/mol. The molecular weight excluding hydrogens is 395 g/mol. The van der Waals surface area contributed by atoms with Crippen LogP contribution in [0.5, 0.6) is 0 Å². The number of carbonyl (C=O) groups is 2. The lowest BCUT2D eigenvalue weighted by molar-refractivity contribution is -0.117. The van der Waals surface area contributed by atoms with Crippen molar-refractivity contribution in [3.63, 3.8) is 0 Å². The highest BCUT2D eigenvalue weighted by molar-refractivity contribution is 8.00. The van der Waals surface area contributed by atoms with Crippen LogP contribution in [-0.4, -0.2) is 33.4 Å². The van der Waals surface area contributed by atoms with Gasteiger partial charge in [-0.25, -0.2) is 9.07 Å². The second-order valence-corrected chi connectivity index (χ2v) is 7.73. The highest BCUT2D eigenvalue weighted by atomic mass is 35.5. The molecule has 2 amide bonds. The van der Waals surface area contributed by atoms with Gasteiger partial charge < -0.3 is 10.2 Å². The molecule has 1 aromatic heterocycles. The first-order valence-corrected chi connectivity index (χ1v) is 9.60. The molecule has 27 heavy (non-hydrogen) atoms. The lowest BCUT2D eigenvalue weighted by Gasteiger charge is -2.28. The Kier molecular flexibility index (Phi) is 4.65. The summed E-state index contributed by atoms with van der Waals surface area (Å²) in [5.41, 5.74) is -0.272. The van der Waals surface area contributed by atoms with E-state index >= 15 is 0 Å². The van der Waals surface area contributed by atoms with E-state index in [0.29, 0.717) is 4.90 Å². The Hall–Kier alpha value is -2.39. The van der Waals surface area contributed by atoms with Crippen molar-refractivity contribution in [1.82, 2.24) is 9.78 Å². The number of benzene rings is 1. The number of nitrogens with zero attached hydrogens (tertiary/aromatic N) is 3. The van der Waals surface area contributed by atoms with Crippen molar-refractivity contribution in [2.45, 2.75) is 30.3 Å². The molecule has 2 aromatic rings. The van der Waals surface area contributed by atoms with Crippen LogP contribution >= 0.6 is 23.4 Å². The van der Waals surface area contributed by atoms with Gasteiger partial charge in [-0.2, -0.15) is 5.10 Å². The molecular formula is C17H14ClFN4O3S. The molecule has 4 rings (SSSR count). The molecule has 140 valence electrons. The minimum absolute atomic E-state index is 0.0395. The summed E-state index contributed by atoms with van der Waals surface area (Å²) in [4.78, 5) is 39.5. The molecule has 0 saturated heterocycles. The van der Waals surface area contributed by atoms with E-state index < -0.39 is 23.8 Å². The molecule has 1 saturated carbocycles. The fourth-order valence-corrected chi connectivity index (χ4v) is 3.89. The summed E-state index contributed by atoms with van der Waals surface area (Å²) in [6.45, 7) is -0.397. The molecule has 2 aliphatic rings. The Labute approximate surface area is 162 Å². The first kappa shape index (κ1) is 18.0. The number of halogens is 2. The number of hydrogen-bond donors (Lipinski definition) is 1. The smallest absolute Gasteiger partial charge is 0.292 e. The molecule has 1 aromatic carbocycles. The van der Waals surface area contributed by atoms with Gasteiger partial charge in [0, 0.05) is 11.1 Å². The maximum atomic E-state index is 13.8. The van der Waals surface area contributed by atoms with Gasteiger partial charge in [0.05, 0.1) is 22.5 Å². The standard InChI is InChI=1S/C17H14ClFN4O3S/c18-9-1-4-12(11(19)5-9)21-14(24)7-22-17(26)16-13(6-20-22)27-8-15(25)23(16)10-2-3-10/h1,4-6,10H,2-3,7-8H2,(H,21,24). The fourth-order valence-electron chi connectivity index (χ4n) is 2.87. The molecule has 1 fully saturated rings. The molecule has 0 spiro atoms. The summed E-state index contributed by atoms with van der Waals surface area (Å²) in [5, 5.41) is 6.62. The number of anilines is 2. The number of fused-ring (bicyclic) bond motifs is 1. The van der Waals surface area contributed by atoms with E-state index in [0.717, 1.165) is 23.6 Å². The van der Waals surface area contributed by atoms with Crippen molar-refractivity contribution >= 4 is 46.6 Å². The number of thioether (sulfide) groups is 1. The van der Waals surface area contributed by atoms with Gasteiger partial charge >= 0.3 is 0 Å². The van der Waals surface area contributed by atoms with Crippen molar-refractivity contribution in [1.29, 1.82) is 0 Å². The minimum Gasteiger partial charge on any atom is -0.322 e. The van der Waals surface area contributed by atoms with E-state index in [4.69, 9.17) is 11.6 Å². The van der Waals surface area contributed by atoms with Gasteiger partial charge in [0.25, 0.3) is 5.56 Å². The Bertz CT molecular complexity index is 1010. The molecule has 7 nitrogen and oxygen atoms in total. The summed E-state index contributed by atoms with van der Waals surface area (Å²) < 4.78 is 14.8. The third-order valence-corrected chi connectivity index (χ3v) is 5.49. The van der Waals surface area contributed by atoms with Crippen molar-refractivity contribution in [3.05, 3.63) is 45.6 Å². The lowest BCUT2D eigenvalue weighted by Crippen LogP contribution is -2.43. The molecule has 0 radical (unpaired) electrons. The number of carbonyl (C=O) groups excluding carboxylic acids is 2. The summed E-state index contributed by atoms with van der Waals surface area (Å²) in [5.74, 6) is -1.13. The number of amides is 2. The van der Waals surface area contributed by atoms with Crippen LogP contribution in [-0.2, 0) is 16.1 Å². The third-order valence-electron chi connectivity index (χ3n) is 4.26. The maximum absolute atomic E-state index is 13.8.